The molecular formula is C33H34BrN3O5S. The van der Waals surface area contributed by atoms with Gasteiger partial charge in [-0.05, 0) is 60.0 Å². The van der Waals surface area contributed by atoms with Crippen LogP contribution in [-0.2, 0) is 32.6 Å². The van der Waals surface area contributed by atoms with Gasteiger partial charge in [0.25, 0.3) is 10.0 Å². The van der Waals surface area contributed by atoms with Gasteiger partial charge in [-0.15, -0.1) is 0 Å². The number of hydrogen-bond acceptors (Lipinski definition) is 5. The summed E-state index contributed by atoms with van der Waals surface area (Å²) in [7, 11) is -1.26. The smallest absolute Gasteiger partial charge is 0.264 e. The van der Waals surface area contributed by atoms with E-state index < -0.39 is 28.5 Å². The SMILES string of the molecule is CNC(=O)[C@H](Cc1ccccc1)N(Cc1cccc(Br)c1)C(=O)CN(c1cc(C)ccc1OC)S(=O)(=O)c1ccccc1. The predicted molar refractivity (Wildman–Crippen MR) is 171 cm³/mol. The minimum absolute atomic E-state index is 0.0250. The number of ether oxygens (including phenoxy) is 1. The fourth-order valence-electron chi connectivity index (χ4n) is 4.78. The van der Waals surface area contributed by atoms with E-state index in [4.69, 9.17) is 4.74 Å². The second-order valence-electron chi connectivity index (χ2n) is 9.97. The summed E-state index contributed by atoms with van der Waals surface area (Å²) in [6.07, 6.45) is 0.236. The Hall–Kier alpha value is -4.15. The second-order valence-corrected chi connectivity index (χ2v) is 12.7. The molecule has 8 nitrogen and oxygen atoms in total. The van der Waals surface area contributed by atoms with Crippen molar-refractivity contribution in [2.24, 2.45) is 0 Å². The zero-order valence-corrected chi connectivity index (χ0v) is 26.6. The molecule has 1 atom stereocenters. The molecule has 4 rings (SSSR count). The average Bonchev–Trinajstić information content (AvgIpc) is 3.02. The Kier molecular flexibility index (Phi) is 10.6. The van der Waals surface area contributed by atoms with Crippen LogP contribution in [0.2, 0.25) is 0 Å². The molecule has 0 aliphatic heterocycles. The maximum Gasteiger partial charge on any atom is 0.264 e. The number of amides is 2. The van der Waals surface area contributed by atoms with Crippen molar-refractivity contribution in [2.75, 3.05) is 25.0 Å². The molecule has 4 aromatic carbocycles. The fraction of sp³-hybridized carbons (Fsp3) is 0.212. The highest BCUT2D eigenvalue weighted by Gasteiger charge is 2.35. The molecule has 0 spiro atoms. The van der Waals surface area contributed by atoms with Crippen LogP contribution in [0, 0.1) is 6.92 Å². The van der Waals surface area contributed by atoms with Gasteiger partial charge in [-0.25, -0.2) is 8.42 Å². The lowest BCUT2D eigenvalue weighted by Gasteiger charge is -2.34. The number of methoxy groups -OCH3 is 1. The van der Waals surface area contributed by atoms with Gasteiger partial charge in [-0.3, -0.25) is 13.9 Å². The van der Waals surface area contributed by atoms with E-state index in [2.05, 4.69) is 21.2 Å². The summed E-state index contributed by atoms with van der Waals surface area (Å²) in [5.41, 5.74) is 2.64. The monoisotopic (exact) mass is 663 g/mol. The van der Waals surface area contributed by atoms with Crippen LogP contribution in [0.15, 0.2) is 112 Å². The second kappa shape index (κ2) is 14.3. The molecule has 0 radical (unpaired) electrons. The average molecular weight is 665 g/mol. The van der Waals surface area contributed by atoms with Gasteiger partial charge >= 0.3 is 0 Å². The quantitative estimate of drug-likeness (QED) is 0.221. The number of rotatable bonds is 12. The highest BCUT2D eigenvalue weighted by molar-refractivity contribution is 9.10. The Morgan fingerprint density at radius 1 is 0.884 bits per heavy atom. The van der Waals surface area contributed by atoms with Crippen molar-refractivity contribution in [1.82, 2.24) is 10.2 Å². The number of likely N-dealkylation sites (N-methyl/N-ethyl adjacent to an activating group) is 1. The molecule has 0 heterocycles. The maximum absolute atomic E-state index is 14.4. The minimum atomic E-state index is -4.22. The predicted octanol–water partition coefficient (Wildman–Crippen LogP) is 5.35. The number of nitrogens with one attached hydrogen (secondary N) is 1. The van der Waals surface area contributed by atoms with E-state index >= 15 is 0 Å². The molecule has 0 unspecified atom stereocenters. The van der Waals surface area contributed by atoms with Crippen molar-refractivity contribution >= 4 is 43.5 Å². The van der Waals surface area contributed by atoms with Crippen molar-refractivity contribution in [3.8, 4) is 5.75 Å². The Balaban J connectivity index is 1.83. The number of aryl methyl sites for hydroxylation is 1. The lowest BCUT2D eigenvalue weighted by atomic mass is 10.0. The molecule has 0 fully saturated rings. The van der Waals surface area contributed by atoms with Crippen LogP contribution in [0.4, 0.5) is 5.69 Å². The normalized spacial score (nSPS) is 11.8. The van der Waals surface area contributed by atoms with Crippen LogP contribution in [0.25, 0.3) is 0 Å². The summed E-state index contributed by atoms with van der Waals surface area (Å²) < 4.78 is 35.7. The van der Waals surface area contributed by atoms with Crippen LogP contribution < -0.4 is 14.4 Å². The summed E-state index contributed by atoms with van der Waals surface area (Å²) in [6.45, 7) is 1.35. The van der Waals surface area contributed by atoms with E-state index in [1.807, 2.05) is 61.5 Å². The third kappa shape index (κ3) is 7.82. The molecule has 0 saturated heterocycles. The number of carbonyl (C=O) groups excluding carboxylic acids is 2. The third-order valence-electron chi connectivity index (χ3n) is 6.97. The zero-order chi connectivity index (χ0) is 31.0. The summed E-state index contributed by atoms with van der Waals surface area (Å²) >= 11 is 3.48. The Morgan fingerprint density at radius 3 is 2.16 bits per heavy atom. The maximum atomic E-state index is 14.4. The van der Waals surface area contributed by atoms with Gasteiger partial charge in [0.1, 0.15) is 18.3 Å². The molecule has 0 aliphatic rings. The zero-order valence-electron chi connectivity index (χ0n) is 24.2. The molecule has 10 heteroatoms. The van der Waals surface area contributed by atoms with E-state index in [0.29, 0.717) is 5.75 Å². The molecule has 0 aliphatic carbocycles. The summed E-state index contributed by atoms with van der Waals surface area (Å²) in [5.74, 6) is -0.617. The number of anilines is 1. The van der Waals surface area contributed by atoms with Gasteiger partial charge < -0.3 is 15.0 Å². The van der Waals surface area contributed by atoms with Crippen LogP contribution in [0.3, 0.4) is 0 Å². The lowest BCUT2D eigenvalue weighted by Crippen LogP contribution is -2.53. The standard InChI is InChI=1S/C33H34BrN3O5S/c1-24-17-18-31(42-3)29(19-24)37(43(40,41)28-15-8-5-9-16-28)23-32(38)36(22-26-13-10-14-27(34)20-26)30(33(39)35-2)21-25-11-6-4-7-12-25/h4-20,30H,21-23H2,1-3H3,(H,35,39)/t30-/m0/s1. The third-order valence-corrected chi connectivity index (χ3v) is 9.24. The van der Waals surface area contributed by atoms with Gasteiger partial charge in [-0.1, -0.05) is 82.7 Å². The summed E-state index contributed by atoms with van der Waals surface area (Å²) in [5, 5.41) is 2.69. The molecule has 0 aromatic heterocycles. The number of nitrogens with zero attached hydrogens (tertiary/aromatic N) is 2. The highest BCUT2D eigenvalue weighted by atomic mass is 79.9. The molecule has 1 N–H and O–H groups in total. The van der Waals surface area contributed by atoms with E-state index in [9.17, 15) is 18.0 Å². The van der Waals surface area contributed by atoms with Gasteiger partial charge in [-0.2, -0.15) is 0 Å². The first-order chi connectivity index (χ1) is 20.6. The fourth-order valence-corrected chi connectivity index (χ4v) is 6.66. The molecule has 0 saturated carbocycles. The highest BCUT2D eigenvalue weighted by Crippen LogP contribution is 2.34. The molecule has 2 amide bonds. The summed E-state index contributed by atoms with van der Waals surface area (Å²) in [4.78, 5) is 29.3. The molecule has 224 valence electrons. The molecule has 43 heavy (non-hydrogen) atoms. The Morgan fingerprint density at radius 2 is 1.53 bits per heavy atom. The number of sulfonamides is 1. The van der Waals surface area contributed by atoms with Crippen molar-refractivity contribution in [2.45, 2.75) is 30.8 Å². The molecule has 4 aromatic rings. The van der Waals surface area contributed by atoms with E-state index in [1.165, 1.54) is 31.2 Å². The van der Waals surface area contributed by atoms with Crippen molar-refractivity contribution in [1.29, 1.82) is 0 Å². The van der Waals surface area contributed by atoms with Crippen molar-refractivity contribution in [3.05, 3.63) is 124 Å². The van der Waals surface area contributed by atoms with E-state index in [1.54, 1.807) is 36.4 Å². The van der Waals surface area contributed by atoms with Gasteiger partial charge in [0.05, 0.1) is 17.7 Å². The molecule has 0 bridgehead atoms. The Labute approximate surface area is 261 Å². The largest absolute Gasteiger partial charge is 0.495 e. The van der Waals surface area contributed by atoms with Crippen molar-refractivity contribution in [3.63, 3.8) is 0 Å². The van der Waals surface area contributed by atoms with Crippen LogP contribution in [-0.4, -0.2) is 51.9 Å². The minimum Gasteiger partial charge on any atom is -0.495 e. The van der Waals surface area contributed by atoms with E-state index in [-0.39, 0.29) is 29.5 Å². The number of benzene rings is 4. The first kappa shape index (κ1) is 31.8. The van der Waals surface area contributed by atoms with Gasteiger partial charge in [0.15, 0.2) is 0 Å². The van der Waals surface area contributed by atoms with Gasteiger partial charge in [0.2, 0.25) is 11.8 Å². The topological polar surface area (TPSA) is 96.0 Å². The number of carbonyl (C=O) groups is 2. The first-order valence-corrected chi connectivity index (χ1v) is 15.9. The van der Waals surface area contributed by atoms with Crippen LogP contribution in [0.5, 0.6) is 5.75 Å². The van der Waals surface area contributed by atoms with Crippen LogP contribution in [0.1, 0.15) is 16.7 Å². The van der Waals surface area contributed by atoms with Gasteiger partial charge in [0, 0.05) is 24.5 Å². The lowest BCUT2D eigenvalue weighted by molar-refractivity contribution is -0.139. The number of hydrogen-bond donors (Lipinski definition) is 1. The van der Waals surface area contributed by atoms with Crippen molar-refractivity contribution < 1.29 is 22.7 Å². The van der Waals surface area contributed by atoms with E-state index in [0.717, 1.165) is 25.5 Å². The Bertz CT molecular complexity index is 1670. The van der Waals surface area contributed by atoms with Crippen LogP contribution >= 0.6 is 15.9 Å². The first-order valence-electron chi connectivity index (χ1n) is 13.7. The molecular weight excluding hydrogens is 630 g/mol. The summed E-state index contributed by atoms with van der Waals surface area (Å²) in [6, 6.07) is 29.0. The number of halogens is 1.